The summed E-state index contributed by atoms with van der Waals surface area (Å²) in [4.78, 5) is 28.9. The first kappa shape index (κ1) is 21.6. The molecule has 10 heteroatoms. The van der Waals surface area contributed by atoms with Gasteiger partial charge in [0.2, 0.25) is 5.91 Å². The Morgan fingerprint density at radius 1 is 1.48 bits per heavy atom. The quantitative estimate of drug-likeness (QED) is 0.805. The summed E-state index contributed by atoms with van der Waals surface area (Å²) < 4.78 is 31.7. The van der Waals surface area contributed by atoms with Gasteiger partial charge in [0.15, 0.2) is 0 Å². The Kier molecular flexibility index (Phi) is 6.85. The molecule has 0 aromatic carbocycles. The third-order valence-corrected chi connectivity index (χ3v) is 6.07. The number of hydrogen-bond donors (Lipinski definition) is 2. The molecule has 0 bridgehead atoms. The van der Waals surface area contributed by atoms with E-state index in [1.165, 1.54) is 11.3 Å². The van der Waals surface area contributed by atoms with Gasteiger partial charge in [-0.1, -0.05) is 6.92 Å². The standard InChI is InChI=1S/C15H23N3OS.C2HF3O2/c1-3-13-15(7-5-14(19)17-15)6-4-8-18(13)9-12-11(2)16-10-20-12;3-2(4,5)1(6)7/h10,13H,3-9H2,1-2H3,(H,17,19);(H,6,7)/t13-,15+;/m1./s1. The molecule has 0 radical (unpaired) electrons. The molecule has 1 amide bonds. The van der Waals surface area contributed by atoms with E-state index >= 15 is 0 Å². The Labute approximate surface area is 159 Å². The summed E-state index contributed by atoms with van der Waals surface area (Å²) in [6.45, 7) is 6.44. The first-order valence-electron chi connectivity index (χ1n) is 8.83. The zero-order valence-corrected chi connectivity index (χ0v) is 16.1. The van der Waals surface area contributed by atoms with Gasteiger partial charge in [-0.2, -0.15) is 13.2 Å². The Hall–Kier alpha value is -1.68. The first-order valence-corrected chi connectivity index (χ1v) is 9.71. The summed E-state index contributed by atoms with van der Waals surface area (Å²) in [5.41, 5.74) is 3.12. The fraction of sp³-hybridized carbons (Fsp3) is 0.706. The highest BCUT2D eigenvalue weighted by Crippen LogP contribution is 2.38. The van der Waals surface area contributed by atoms with Gasteiger partial charge >= 0.3 is 12.1 Å². The summed E-state index contributed by atoms with van der Waals surface area (Å²) in [6.07, 6.45) is 0.0224. The molecule has 3 heterocycles. The van der Waals surface area contributed by atoms with E-state index in [2.05, 4.69) is 29.0 Å². The number of alkyl halides is 3. The van der Waals surface area contributed by atoms with Crippen molar-refractivity contribution in [1.29, 1.82) is 0 Å². The summed E-state index contributed by atoms with van der Waals surface area (Å²) in [7, 11) is 0. The normalized spacial score (nSPS) is 25.8. The summed E-state index contributed by atoms with van der Waals surface area (Å²) in [5.74, 6) is -2.52. The van der Waals surface area contributed by atoms with Crippen LogP contribution in [0.4, 0.5) is 13.2 Å². The van der Waals surface area contributed by atoms with Gasteiger partial charge in [-0.3, -0.25) is 9.69 Å². The smallest absolute Gasteiger partial charge is 0.475 e. The number of carbonyl (C=O) groups excluding carboxylic acids is 1. The molecule has 2 aliphatic rings. The minimum Gasteiger partial charge on any atom is -0.475 e. The van der Waals surface area contributed by atoms with Crippen LogP contribution in [0, 0.1) is 6.92 Å². The van der Waals surface area contributed by atoms with Crippen LogP contribution in [0.2, 0.25) is 0 Å². The second kappa shape index (κ2) is 8.55. The average Bonchev–Trinajstić information content (AvgIpc) is 3.14. The summed E-state index contributed by atoms with van der Waals surface area (Å²) >= 11 is 1.75. The molecular weight excluding hydrogens is 383 g/mol. The number of thiazole rings is 1. The third-order valence-electron chi connectivity index (χ3n) is 5.15. The van der Waals surface area contributed by atoms with Gasteiger partial charge in [-0.15, -0.1) is 11.3 Å². The molecule has 3 rings (SSSR count). The second-order valence-corrected chi connectivity index (χ2v) is 7.81. The highest BCUT2D eigenvalue weighted by Gasteiger charge is 2.47. The molecule has 0 aliphatic carbocycles. The molecule has 2 N–H and O–H groups in total. The Morgan fingerprint density at radius 2 is 2.15 bits per heavy atom. The molecule has 27 heavy (non-hydrogen) atoms. The van der Waals surface area contributed by atoms with Crippen molar-refractivity contribution in [3.05, 3.63) is 16.1 Å². The zero-order valence-electron chi connectivity index (χ0n) is 15.3. The number of carboxylic acids is 1. The maximum absolute atomic E-state index is 11.7. The Bertz CT molecular complexity index is 680. The van der Waals surface area contributed by atoms with Gasteiger partial charge in [0.05, 0.1) is 16.7 Å². The lowest BCUT2D eigenvalue weighted by molar-refractivity contribution is -0.192. The molecular formula is C17H24F3N3O3S. The monoisotopic (exact) mass is 407 g/mol. The van der Waals surface area contributed by atoms with Crippen LogP contribution in [0.15, 0.2) is 5.51 Å². The number of likely N-dealkylation sites (tertiary alicyclic amines) is 1. The minimum absolute atomic E-state index is 0.0304. The molecule has 2 fully saturated rings. The van der Waals surface area contributed by atoms with Crippen LogP contribution in [0.1, 0.15) is 49.6 Å². The molecule has 1 spiro atoms. The lowest BCUT2D eigenvalue weighted by atomic mass is 9.78. The van der Waals surface area contributed by atoms with Crippen LogP contribution < -0.4 is 5.32 Å². The van der Waals surface area contributed by atoms with Crippen molar-refractivity contribution in [1.82, 2.24) is 15.2 Å². The Morgan fingerprint density at radius 3 is 2.59 bits per heavy atom. The van der Waals surface area contributed by atoms with Crippen LogP contribution in [0.25, 0.3) is 0 Å². The van der Waals surface area contributed by atoms with Crippen LogP contribution in [0.5, 0.6) is 0 Å². The zero-order chi connectivity index (χ0) is 20.2. The number of carbonyl (C=O) groups is 2. The molecule has 2 atom stereocenters. The number of hydrogen-bond acceptors (Lipinski definition) is 5. The number of aromatic nitrogens is 1. The average molecular weight is 407 g/mol. The lowest BCUT2D eigenvalue weighted by Crippen LogP contribution is -2.61. The number of amides is 1. The van der Waals surface area contributed by atoms with E-state index in [9.17, 15) is 18.0 Å². The van der Waals surface area contributed by atoms with E-state index < -0.39 is 12.1 Å². The van der Waals surface area contributed by atoms with E-state index in [1.54, 1.807) is 11.3 Å². The van der Waals surface area contributed by atoms with Crippen molar-refractivity contribution in [3.63, 3.8) is 0 Å². The number of piperidine rings is 1. The van der Waals surface area contributed by atoms with Gasteiger partial charge in [0.1, 0.15) is 0 Å². The number of carboxylic acid groups (broad SMARTS) is 1. The molecule has 1 aromatic heterocycles. The fourth-order valence-corrected chi connectivity index (χ4v) is 4.75. The first-order chi connectivity index (χ1) is 12.6. The van der Waals surface area contributed by atoms with E-state index in [0.717, 1.165) is 38.0 Å². The number of aliphatic carboxylic acids is 1. The predicted octanol–water partition coefficient (Wildman–Crippen LogP) is 3.11. The van der Waals surface area contributed by atoms with Crippen molar-refractivity contribution >= 4 is 23.2 Å². The van der Waals surface area contributed by atoms with Crippen molar-refractivity contribution in [2.24, 2.45) is 0 Å². The van der Waals surface area contributed by atoms with Gasteiger partial charge in [-0.05, 0) is 39.2 Å². The van der Waals surface area contributed by atoms with E-state index in [-0.39, 0.29) is 11.4 Å². The molecule has 2 aliphatic heterocycles. The van der Waals surface area contributed by atoms with Gasteiger partial charge in [0.25, 0.3) is 0 Å². The minimum atomic E-state index is -5.08. The highest BCUT2D eigenvalue weighted by atomic mass is 32.1. The van der Waals surface area contributed by atoms with E-state index in [0.29, 0.717) is 12.5 Å². The van der Waals surface area contributed by atoms with Crippen molar-refractivity contribution in [2.45, 2.75) is 70.3 Å². The molecule has 0 saturated carbocycles. The number of nitrogens with one attached hydrogen (secondary N) is 1. The van der Waals surface area contributed by atoms with Crippen molar-refractivity contribution in [3.8, 4) is 0 Å². The molecule has 1 aromatic rings. The van der Waals surface area contributed by atoms with Crippen LogP contribution in [-0.2, 0) is 16.1 Å². The maximum Gasteiger partial charge on any atom is 0.490 e. The topological polar surface area (TPSA) is 82.5 Å². The molecule has 152 valence electrons. The number of aryl methyl sites for hydroxylation is 1. The van der Waals surface area contributed by atoms with Gasteiger partial charge < -0.3 is 10.4 Å². The van der Waals surface area contributed by atoms with Crippen molar-refractivity contribution < 1.29 is 27.9 Å². The number of nitrogens with zero attached hydrogens (tertiary/aromatic N) is 2. The Balaban J connectivity index is 0.000000321. The third kappa shape index (κ3) is 5.19. The largest absolute Gasteiger partial charge is 0.490 e. The number of rotatable bonds is 3. The van der Waals surface area contributed by atoms with Crippen LogP contribution in [0.3, 0.4) is 0 Å². The lowest BCUT2D eigenvalue weighted by Gasteiger charge is -2.48. The SMILES string of the molecule is CC[C@H]1N(Cc2scnc2C)CCC[C@]12CCC(=O)N2.O=C(O)C(F)(F)F. The molecule has 2 saturated heterocycles. The maximum atomic E-state index is 11.7. The van der Waals surface area contributed by atoms with E-state index in [4.69, 9.17) is 9.90 Å². The highest BCUT2D eigenvalue weighted by molar-refractivity contribution is 7.09. The molecule has 6 nitrogen and oxygen atoms in total. The molecule has 0 unspecified atom stereocenters. The summed E-state index contributed by atoms with van der Waals surface area (Å²) in [6, 6.07) is 0.462. The van der Waals surface area contributed by atoms with Crippen molar-refractivity contribution in [2.75, 3.05) is 6.54 Å². The van der Waals surface area contributed by atoms with Gasteiger partial charge in [0, 0.05) is 23.9 Å². The number of halogens is 3. The van der Waals surface area contributed by atoms with Crippen LogP contribution >= 0.6 is 11.3 Å². The predicted molar refractivity (Wildman–Crippen MR) is 94.4 cm³/mol. The fourth-order valence-electron chi connectivity index (χ4n) is 3.95. The van der Waals surface area contributed by atoms with Gasteiger partial charge in [-0.25, -0.2) is 9.78 Å². The van der Waals surface area contributed by atoms with Crippen LogP contribution in [-0.4, -0.2) is 51.2 Å². The van der Waals surface area contributed by atoms with E-state index in [1.807, 2.05) is 5.51 Å². The summed E-state index contributed by atoms with van der Waals surface area (Å²) in [5, 5.41) is 10.4. The second-order valence-electron chi connectivity index (χ2n) is 6.87.